The molecule has 0 aliphatic heterocycles. The predicted molar refractivity (Wildman–Crippen MR) is 115 cm³/mol. The normalized spacial score (nSPS) is 14.7. The maximum Gasteiger partial charge on any atom is 0.339 e. The van der Waals surface area contributed by atoms with Crippen LogP contribution in [0.5, 0.6) is 0 Å². The first-order valence-corrected chi connectivity index (χ1v) is 11.9. The Bertz CT molecular complexity index is 563. The molecular formula is C21H40NO5P. The SMILES string of the molecule is CCOC(=O)C(CCCN(C)C(C)CCC=C(C)CCC=C(C)C)P(=O)(O)O. The number of carbonyl (C=O) groups excluding carboxylic acids is 1. The molecule has 0 rings (SSSR count). The monoisotopic (exact) mass is 417 g/mol. The maximum atomic E-state index is 11.8. The summed E-state index contributed by atoms with van der Waals surface area (Å²) in [4.78, 5) is 32.7. The highest BCUT2D eigenvalue weighted by atomic mass is 31.2. The average Bonchev–Trinajstić information content (AvgIpc) is 2.56. The van der Waals surface area contributed by atoms with Crippen LogP contribution >= 0.6 is 7.60 Å². The molecule has 0 heterocycles. The lowest BCUT2D eigenvalue weighted by atomic mass is 10.1. The summed E-state index contributed by atoms with van der Waals surface area (Å²) in [5.74, 6) is -0.805. The molecule has 2 unspecified atom stereocenters. The van der Waals surface area contributed by atoms with Gasteiger partial charge in [-0.05, 0) is 86.7 Å². The molecule has 0 saturated heterocycles. The van der Waals surface area contributed by atoms with Crippen LogP contribution < -0.4 is 0 Å². The van der Waals surface area contributed by atoms with Crippen LogP contribution in [0.25, 0.3) is 0 Å². The molecule has 0 aliphatic rings. The van der Waals surface area contributed by atoms with Gasteiger partial charge in [-0.2, -0.15) is 0 Å². The molecular weight excluding hydrogens is 377 g/mol. The third kappa shape index (κ3) is 12.5. The number of hydrogen-bond acceptors (Lipinski definition) is 4. The predicted octanol–water partition coefficient (Wildman–Crippen LogP) is 4.67. The molecule has 28 heavy (non-hydrogen) atoms. The van der Waals surface area contributed by atoms with E-state index >= 15 is 0 Å². The van der Waals surface area contributed by atoms with Gasteiger partial charge < -0.3 is 19.4 Å². The molecule has 0 aromatic carbocycles. The van der Waals surface area contributed by atoms with Gasteiger partial charge in [0.1, 0.15) is 0 Å². The second-order valence-corrected chi connectivity index (χ2v) is 9.58. The molecule has 0 radical (unpaired) electrons. The Morgan fingerprint density at radius 1 is 1.14 bits per heavy atom. The van der Waals surface area contributed by atoms with Crippen LogP contribution in [0.15, 0.2) is 23.3 Å². The standard InChI is InChI=1S/C21H40NO5P/c1-7-27-21(23)20(28(24,25)26)15-10-16-22(6)19(5)14-9-13-18(4)12-8-11-17(2)3/h11,13,19-20H,7-10,12,14-16H2,1-6H3,(H2,24,25,26). The fourth-order valence-electron chi connectivity index (χ4n) is 2.90. The molecule has 0 spiro atoms. The Balaban J connectivity index is 4.33. The Morgan fingerprint density at radius 2 is 1.79 bits per heavy atom. The Labute approximate surface area is 171 Å². The number of nitrogens with zero attached hydrogens (tertiary/aromatic N) is 1. The minimum atomic E-state index is -4.49. The fourth-order valence-corrected chi connectivity index (χ4v) is 3.77. The smallest absolute Gasteiger partial charge is 0.339 e. The van der Waals surface area contributed by atoms with Gasteiger partial charge in [-0.15, -0.1) is 0 Å². The highest BCUT2D eigenvalue weighted by Gasteiger charge is 2.36. The van der Waals surface area contributed by atoms with Crippen molar-refractivity contribution >= 4 is 13.6 Å². The van der Waals surface area contributed by atoms with Crippen LogP contribution in [-0.2, 0) is 14.1 Å². The second-order valence-electron chi connectivity index (χ2n) is 7.78. The topological polar surface area (TPSA) is 87.1 Å². The Morgan fingerprint density at radius 3 is 2.32 bits per heavy atom. The van der Waals surface area contributed by atoms with Crippen LogP contribution in [-0.4, -0.2) is 52.6 Å². The Kier molecular flexibility index (Phi) is 13.6. The minimum absolute atomic E-state index is 0.119. The summed E-state index contributed by atoms with van der Waals surface area (Å²) < 4.78 is 16.3. The van der Waals surface area contributed by atoms with E-state index < -0.39 is 19.2 Å². The number of esters is 1. The van der Waals surface area contributed by atoms with E-state index in [0.29, 0.717) is 19.0 Å². The zero-order valence-electron chi connectivity index (χ0n) is 18.5. The van der Waals surface area contributed by atoms with E-state index in [9.17, 15) is 19.1 Å². The van der Waals surface area contributed by atoms with Crippen molar-refractivity contribution in [3.63, 3.8) is 0 Å². The van der Waals surface area contributed by atoms with E-state index in [4.69, 9.17) is 4.74 Å². The quantitative estimate of drug-likeness (QED) is 0.243. The highest BCUT2D eigenvalue weighted by molar-refractivity contribution is 7.53. The molecule has 6 nitrogen and oxygen atoms in total. The number of rotatable bonds is 14. The summed E-state index contributed by atoms with van der Waals surface area (Å²) in [6.07, 6.45) is 9.43. The lowest BCUT2D eigenvalue weighted by molar-refractivity contribution is -0.143. The van der Waals surface area contributed by atoms with Gasteiger partial charge in [-0.25, -0.2) is 0 Å². The van der Waals surface area contributed by atoms with Crippen molar-refractivity contribution in [3.8, 4) is 0 Å². The molecule has 7 heteroatoms. The molecule has 0 bridgehead atoms. The summed E-state index contributed by atoms with van der Waals surface area (Å²) in [5.41, 5.74) is 1.40. The van der Waals surface area contributed by atoms with Crippen molar-refractivity contribution in [2.45, 2.75) is 84.8 Å². The molecule has 2 atom stereocenters. The van der Waals surface area contributed by atoms with Crippen LogP contribution in [0.3, 0.4) is 0 Å². The minimum Gasteiger partial charge on any atom is -0.465 e. The van der Waals surface area contributed by atoms with Crippen molar-refractivity contribution in [3.05, 3.63) is 23.3 Å². The zero-order chi connectivity index (χ0) is 21.7. The van der Waals surface area contributed by atoms with E-state index in [1.165, 1.54) is 11.1 Å². The lowest BCUT2D eigenvalue weighted by Gasteiger charge is -2.25. The number of carbonyl (C=O) groups is 1. The molecule has 164 valence electrons. The van der Waals surface area contributed by atoms with Crippen molar-refractivity contribution < 1.29 is 23.9 Å². The molecule has 0 fully saturated rings. The first kappa shape index (κ1) is 27.1. The van der Waals surface area contributed by atoms with E-state index in [0.717, 1.165) is 25.7 Å². The van der Waals surface area contributed by atoms with Gasteiger partial charge in [0.15, 0.2) is 5.66 Å². The first-order valence-electron chi connectivity index (χ1n) is 10.2. The summed E-state index contributed by atoms with van der Waals surface area (Å²) >= 11 is 0. The number of hydrogen-bond donors (Lipinski definition) is 2. The number of allylic oxidation sites excluding steroid dienone is 4. The van der Waals surface area contributed by atoms with Crippen molar-refractivity contribution in [2.75, 3.05) is 20.2 Å². The van der Waals surface area contributed by atoms with Gasteiger partial charge in [0, 0.05) is 6.04 Å². The molecule has 2 N–H and O–H groups in total. The summed E-state index contributed by atoms with van der Waals surface area (Å²) in [5, 5.41) is 0. The van der Waals surface area contributed by atoms with E-state index in [1.807, 2.05) is 7.05 Å². The summed E-state index contributed by atoms with van der Waals surface area (Å²) in [6, 6.07) is 0.359. The third-order valence-corrected chi connectivity index (χ3v) is 6.16. The van der Waals surface area contributed by atoms with Crippen molar-refractivity contribution in [1.82, 2.24) is 4.90 Å². The molecule has 0 aromatic rings. The molecule has 0 amide bonds. The van der Waals surface area contributed by atoms with Crippen LogP contribution in [0, 0.1) is 0 Å². The second kappa shape index (κ2) is 14.1. The van der Waals surface area contributed by atoms with Gasteiger partial charge >= 0.3 is 13.6 Å². The van der Waals surface area contributed by atoms with Crippen LogP contribution in [0.2, 0.25) is 0 Å². The van der Waals surface area contributed by atoms with Crippen LogP contribution in [0.1, 0.15) is 73.1 Å². The van der Waals surface area contributed by atoms with Gasteiger partial charge in [0.25, 0.3) is 0 Å². The lowest BCUT2D eigenvalue weighted by Crippen LogP contribution is -2.31. The average molecular weight is 418 g/mol. The molecule has 0 aromatic heterocycles. The third-order valence-electron chi connectivity index (χ3n) is 4.87. The zero-order valence-corrected chi connectivity index (χ0v) is 19.4. The van der Waals surface area contributed by atoms with Gasteiger partial charge in [0.2, 0.25) is 0 Å². The first-order chi connectivity index (χ1) is 13.0. The van der Waals surface area contributed by atoms with Crippen LogP contribution in [0.4, 0.5) is 0 Å². The van der Waals surface area contributed by atoms with E-state index in [1.54, 1.807) is 6.92 Å². The van der Waals surface area contributed by atoms with Gasteiger partial charge in [0.05, 0.1) is 6.61 Å². The van der Waals surface area contributed by atoms with Gasteiger partial charge in [-0.3, -0.25) is 9.36 Å². The fraction of sp³-hybridized carbons (Fsp3) is 0.762. The summed E-state index contributed by atoms with van der Waals surface area (Å²) in [7, 11) is -2.49. The van der Waals surface area contributed by atoms with E-state index in [2.05, 4.69) is 44.7 Å². The van der Waals surface area contributed by atoms with Gasteiger partial charge in [-0.1, -0.05) is 23.3 Å². The highest BCUT2D eigenvalue weighted by Crippen LogP contribution is 2.44. The van der Waals surface area contributed by atoms with E-state index in [-0.39, 0.29) is 13.0 Å². The Hall–Kier alpha value is -0.940. The largest absolute Gasteiger partial charge is 0.465 e. The molecule has 0 aliphatic carbocycles. The summed E-state index contributed by atoms with van der Waals surface area (Å²) in [6.45, 7) is 11.0. The van der Waals surface area contributed by atoms with Crippen molar-refractivity contribution in [2.24, 2.45) is 0 Å². The van der Waals surface area contributed by atoms with Crippen molar-refractivity contribution in [1.29, 1.82) is 0 Å². The maximum absolute atomic E-state index is 11.8. The number of ether oxygens (including phenoxy) is 1. The molecule has 0 saturated carbocycles.